The number of carbonyl (C=O) groups excluding carboxylic acids is 2. The van der Waals surface area contributed by atoms with Crippen molar-refractivity contribution in [2.45, 2.75) is 26.0 Å². The smallest absolute Gasteiger partial charge is 0.331 e. The number of rotatable bonds is 5. The third-order valence-electron chi connectivity index (χ3n) is 3.40. The van der Waals surface area contributed by atoms with Crippen LogP contribution in [0.25, 0.3) is 0 Å². The molecule has 2 rings (SSSR count). The van der Waals surface area contributed by atoms with Crippen molar-refractivity contribution < 1.29 is 29.3 Å². The van der Waals surface area contributed by atoms with E-state index in [0.29, 0.717) is 11.4 Å². The van der Waals surface area contributed by atoms with Gasteiger partial charge < -0.3 is 25.2 Å². The first-order chi connectivity index (χ1) is 10.8. The molecule has 1 aliphatic rings. The van der Waals surface area contributed by atoms with Gasteiger partial charge in [0.25, 0.3) is 0 Å². The molecule has 8 nitrogen and oxygen atoms in total. The number of hydrogen-bond donors (Lipinski definition) is 3. The number of nitrogens with zero attached hydrogens (tertiary/aromatic N) is 1. The van der Waals surface area contributed by atoms with Crippen molar-refractivity contribution in [3.05, 3.63) is 23.8 Å². The van der Waals surface area contributed by atoms with Gasteiger partial charge in [-0.3, -0.25) is 4.79 Å². The second-order valence-electron chi connectivity index (χ2n) is 5.43. The number of aryl methyl sites for hydroxylation is 1. The van der Waals surface area contributed by atoms with E-state index in [0.717, 1.165) is 5.56 Å². The molecule has 8 heteroatoms. The van der Waals surface area contributed by atoms with Crippen LogP contribution in [-0.2, 0) is 14.4 Å². The van der Waals surface area contributed by atoms with Gasteiger partial charge in [0.1, 0.15) is 6.54 Å². The number of carbonyl (C=O) groups is 3. The van der Waals surface area contributed by atoms with Crippen molar-refractivity contribution in [2.24, 2.45) is 0 Å². The molecule has 0 spiro atoms. The molecule has 1 amide bonds. The summed E-state index contributed by atoms with van der Waals surface area (Å²) in [5.74, 6) is -2.08. The van der Waals surface area contributed by atoms with E-state index in [2.05, 4.69) is 5.32 Å². The zero-order chi connectivity index (χ0) is 17.1. The lowest BCUT2D eigenvalue weighted by atomic mass is 10.1. The Morgan fingerprint density at radius 1 is 1.43 bits per heavy atom. The summed E-state index contributed by atoms with van der Waals surface area (Å²) in [6.45, 7) is 2.78. The largest absolute Gasteiger partial charge is 0.480 e. The highest BCUT2D eigenvalue weighted by molar-refractivity contribution is 5.91. The van der Waals surface area contributed by atoms with Crippen molar-refractivity contribution in [3.63, 3.8) is 0 Å². The molecule has 2 atom stereocenters. The van der Waals surface area contributed by atoms with E-state index in [1.807, 2.05) is 13.0 Å². The molecule has 0 saturated heterocycles. The first-order valence-corrected chi connectivity index (χ1v) is 7.04. The van der Waals surface area contributed by atoms with Gasteiger partial charge in [0.2, 0.25) is 5.91 Å². The van der Waals surface area contributed by atoms with Gasteiger partial charge in [-0.1, -0.05) is 6.07 Å². The molecule has 23 heavy (non-hydrogen) atoms. The number of anilines is 1. The standard InChI is InChI=1S/C15H18N2O6/c1-8-3-4-10-11(5-8)23-13(20)7-17(10)6-12(19)16-14(9(2)18)15(21)22/h3-5,9,14,18H,6-7H2,1-2H3,(H,16,19)(H,21,22). The lowest BCUT2D eigenvalue weighted by molar-refractivity contribution is -0.144. The molecular weight excluding hydrogens is 304 g/mol. The van der Waals surface area contributed by atoms with E-state index in [4.69, 9.17) is 9.84 Å². The Bertz CT molecular complexity index is 643. The van der Waals surface area contributed by atoms with E-state index in [-0.39, 0.29) is 13.1 Å². The normalized spacial score (nSPS) is 16.1. The van der Waals surface area contributed by atoms with Crippen LogP contribution < -0.4 is 15.0 Å². The van der Waals surface area contributed by atoms with Crippen LogP contribution in [-0.4, -0.2) is 53.3 Å². The number of hydrogen-bond acceptors (Lipinski definition) is 6. The lowest BCUT2D eigenvalue weighted by Gasteiger charge is -2.30. The van der Waals surface area contributed by atoms with Crippen LogP contribution in [0.15, 0.2) is 18.2 Å². The number of aliphatic carboxylic acids is 1. The molecule has 1 aliphatic heterocycles. The molecule has 2 unspecified atom stereocenters. The number of carboxylic acids is 1. The number of amides is 1. The second-order valence-corrected chi connectivity index (χ2v) is 5.43. The summed E-state index contributed by atoms with van der Waals surface area (Å²) in [6, 6.07) is 3.83. The number of nitrogens with one attached hydrogen (secondary N) is 1. The van der Waals surface area contributed by atoms with Gasteiger partial charge in [-0.15, -0.1) is 0 Å². The SMILES string of the molecule is Cc1ccc2c(c1)OC(=O)CN2CC(=O)NC(C(=O)O)C(C)O. The maximum atomic E-state index is 12.0. The maximum absolute atomic E-state index is 12.0. The molecule has 0 radical (unpaired) electrons. The quantitative estimate of drug-likeness (QED) is 0.502. The summed E-state index contributed by atoms with van der Waals surface area (Å²) in [5.41, 5.74) is 1.48. The number of fused-ring (bicyclic) bond motifs is 1. The highest BCUT2D eigenvalue weighted by atomic mass is 16.5. The maximum Gasteiger partial charge on any atom is 0.331 e. The summed E-state index contributed by atoms with van der Waals surface area (Å²) in [6.07, 6.45) is -1.24. The van der Waals surface area contributed by atoms with E-state index in [1.165, 1.54) is 11.8 Å². The average Bonchev–Trinajstić information content (AvgIpc) is 2.43. The zero-order valence-electron chi connectivity index (χ0n) is 12.8. The van der Waals surface area contributed by atoms with E-state index in [9.17, 15) is 19.5 Å². The van der Waals surface area contributed by atoms with E-state index >= 15 is 0 Å². The fraction of sp³-hybridized carbons (Fsp3) is 0.400. The van der Waals surface area contributed by atoms with Crippen LogP contribution >= 0.6 is 0 Å². The highest BCUT2D eigenvalue weighted by Gasteiger charge is 2.29. The highest BCUT2D eigenvalue weighted by Crippen LogP contribution is 2.32. The summed E-state index contributed by atoms with van der Waals surface area (Å²) in [4.78, 5) is 36.2. The van der Waals surface area contributed by atoms with Gasteiger partial charge in [0, 0.05) is 0 Å². The predicted molar refractivity (Wildman–Crippen MR) is 80.3 cm³/mol. The van der Waals surface area contributed by atoms with Gasteiger partial charge in [-0.2, -0.15) is 0 Å². The molecule has 0 fully saturated rings. The lowest BCUT2D eigenvalue weighted by Crippen LogP contribution is -2.51. The Kier molecular flexibility index (Phi) is 4.85. The van der Waals surface area contributed by atoms with Gasteiger partial charge in [-0.25, -0.2) is 9.59 Å². The van der Waals surface area contributed by atoms with Crippen molar-refractivity contribution in [3.8, 4) is 5.75 Å². The predicted octanol–water partition coefficient (Wildman–Crippen LogP) is -0.329. The van der Waals surface area contributed by atoms with Crippen LogP contribution in [0.5, 0.6) is 5.75 Å². The number of aliphatic hydroxyl groups excluding tert-OH is 1. The Morgan fingerprint density at radius 3 is 2.74 bits per heavy atom. The third-order valence-corrected chi connectivity index (χ3v) is 3.40. The van der Waals surface area contributed by atoms with E-state index in [1.54, 1.807) is 12.1 Å². The summed E-state index contributed by atoms with van der Waals surface area (Å²) in [7, 11) is 0. The van der Waals surface area contributed by atoms with Crippen LogP contribution in [0.3, 0.4) is 0 Å². The number of carboxylic acid groups (broad SMARTS) is 1. The first kappa shape index (κ1) is 16.8. The van der Waals surface area contributed by atoms with Crippen molar-refractivity contribution in [1.29, 1.82) is 0 Å². The number of esters is 1. The molecule has 3 N–H and O–H groups in total. The minimum Gasteiger partial charge on any atom is -0.480 e. The summed E-state index contributed by atoms with van der Waals surface area (Å²) >= 11 is 0. The van der Waals surface area contributed by atoms with Crippen LogP contribution in [0.4, 0.5) is 5.69 Å². The molecule has 0 aromatic heterocycles. The Balaban J connectivity index is 2.13. The van der Waals surface area contributed by atoms with Gasteiger partial charge in [-0.05, 0) is 31.5 Å². The molecule has 0 saturated carbocycles. The fourth-order valence-electron chi connectivity index (χ4n) is 2.28. The molecule has 0 bridgehead atoms. The minimum atomic E-state index is -1.41. The van der Waals surface area contributed by atoms with Crippen LogP contribution in [0, 0.1) is 6.92 Å². The Morgan fingerprint density at radius 2 is 2.13 bits per heavy atom. The summed E-state index contributed by atoms with van der Waals surface area (Å²) < 4.78 is 5.14. The fourth-order valence-corrected chi connectivity index (χ4v) is 2.28. The number of ether oxygens (including phenoxy) is 1. The van der Waals surface area contributed by atoms with E-state index < -0.39 is 30.0 Å². The van der Waals surface area contributed by atoms with Crippen molar-refractivity contribution in [1.82, 2.24) is 5.32 Å². The Labute approximate surface area is 132 Å². The van der Waals surface area contributed by atoms with Gasteiger partial charge in [0.05, 0.1) is 18.3 Å². The van der Waals surface area contributed by atoms with Gasteiger partial charge >= 0.3 is 11.9 Å². The molecule has 1 aromatic rings. The number of benzene rings is 1. The molecular formula is C15H18N2O6. The molecule has 124 valence electrons. The monoisotopic (exact) mass is 322 g/mol. The first-order valence-electron chi connectivity index (χ1n) is 7.04. The second kappa shape index (κ2) is 6.66. The Hall–Kier alpha value is -2.61. The molecule has 1 aromatic carbocycles. The number of aliphatic hydroxyl groups is 1. The molecule has 1 heterocycles. The van der Waals surface area contributed by atoms with Gasteiger partial charge in [0.15, 0.2) is 11.8 Å². The topological polar surface area (TPSA) is 116 Å². The minimum absolute atomic E-state index is 0.115. The van der Waals surface area contributed by atoms with Crippen LogP contribution in [0.2, 0.25) is 0 Å². The van der Waals surface area contributed by atoms with Crippen molar-refractivity contribution >= 4 is 23.5 Å². The molecule has 0 aliphatic carbocycles. The summed E-state index contributed by atoms with van der Waals surface area (Å²) in [5, 5.41) is 20.6. The third kappa shape index (κ3) is 3.98. The van der Waals surface area contributed by atoms with Crippen LogP contribution in [0.1, 0.15) is 12.5 Å². The van der Waals surface area contributed by atoms with Crippen molar-refractivity contribution in [2.75, 3.05) is 18.0 Å². The zero-order valence-corrected chi connectivity index (χ0v) is 12.8. The average molecular weight is 322 g/mol.